The summed E-state index contributed by atoms with van der Waals surface area (Å²) in [4.78, 5) is 28.1. The molecule has 0 saturated carbocycles. The number of thiophene rings is 1. The van der Waals surface area contributed by atoms with Crippen LogP contribution in [-0.2, 0) is 24.2 Å². The maximum atomic E-state index is 13.0. The summed E-state index contributed by atoms with van der Waals surface area (Å²) in [6.45, 7) is 2.53. The van der Waals surface area contributed by atoms with Gasteiger partial charge in [-0.05, 0) is 54.1 Å². The zero-order valence-electron chi connectivity index (χ0n) is 15.7. The second kappa shape index (κ2) is 7.98. The van der Waals surface area contributed by atoms with Crippen LogP contribution in [-0.4, -0.2) is 17.9 Å². The first-order valence-electron chi connectivity index (χ1n) is 9.41. The van der Waals surface area contributed by atoms with E-state index >= 15 is 0 Å². The number of rotatable bonds is 5. The Labute approximate surface area is 168 Å². The molecule has 1 aliphatic rings. The molecular weight excluding hydrogens is 368 g/mol. The van der Waals surface area contributed by atoms with E-state index in [0.29, 0.717) is 18.5 Å². The Balaban J connectivity index is 1.48. The molecule has 1 atom stereocenters. The van der Waals surface area contributed by atoms with Gasteiger partial charge in [0.05, 0.1) is 6.42 Å². The van der Waals surface area contributed by atoms with Crippen LogP contribution < -0.4 is 10.2 Å². The van der Waals surface area contributed by atoms with Crippen LogP contribution in [0, 0.1) is 0 Å². The number of carbonyl (C=O) groups excluding carboxylic acids is 2. The number of fused-ring (bicyclic) bond motifs is 1. The predicted octanol–water partition coefficient (Wildman–Crippen LogP) is 4.20. The normalized spacial score (nSPS) is 15.3. The Kier molecular flexibility index (Phi) is 5.26. The van der Waals surface area contributed by atoms with Gasteiger partial charge in [-0.2, -0.15) is 0 Å². The number of hydrogen-bond acceptors (Lipinski definition) is 3. The highest BCUT2D eigenvalue weighted by Crippen LogP contribution is 2.34. The van der Waals surface area contributed by atoms with Crippen molar-refractivity contribution in [2.24, 2.45) is 0 Å². The second-order valence-corrected chi connectivity index (χ2v) is 8.12. The highest BCUT2D eigenvalue weighted by atomic mass is 32.1. The second-order valence-electron chi connectivity index (χ2n) is 7.09. The number of hydrogen-bond donors (Lipinski definition) is 1. The summed E-state index contributed by atoms with van der Waals surface area (Å²) in [6, 6.07) is 19.6. The SMILES string of the molecule is CC1Cc2ccc(CNC(=O)Cc3cccs3)cc2N1C(=O)c1ccccc1. The largest absolute Gasteiger partial charge is 0.352 e. The molecule has 1 unspecified atom stereocenters. The smallest absolute Gasteiger partial charge is 0.258 e. The molecule has 1 N–H and O–H groups in total. The van der Waals surface area contributed by atoms with Crippen LogP contribution in [0.2, 0.25) is 0 Å². The minimum absolute atomic E-state index is 0.00790. The van der Waals surface area contributed by atoms with Crippen LogP contribution in [0.3, 0.4) is 0 Å². The van der Waals surface area contributed by atoms with Gasteiger partial charge in [0.2, 0.25) is 5.91 Å². The van der Waals surface area contributed by atoms with Gasteiger partial charge in [0, 0.05) is 28.7 Å². The lowest BCUT2D eigenvalue weighted by Gasteiger charge is -2.23. The zero-order valence-corrected chi connectivity index (χ0v) is 16.5. The third kappa shape index (κ3) is 3.85. The number of anilines is 1. The van der Waals surface area contributed by atoms with E-state index in [1.54, 1.807) is 11.3 Å². The summed E-state index contributed by atoms with van der Waals surface area (Å²) in [6.07, 6.45) is 1.25. The molecule has 0 fully saturated rings. The first-order chi connectivity index (χ1) is 13.6. The Bertz CT molecular complexity index is 983. The molecule has 2 amide bonds. The zero-order chi connectivity index (χ0) is 19.5. The van der Waals surface area contributed by atoms with Crippen LogP contribution in [0.5, 0.6) is 0 Å². The quantitative estimate of drug-likeness (QED) is 0.710. The van der Waals surface area contributed by atoms with Crippen molar-refractivity contribution < 1.29 is 9.59 Å². The number of amides is 2. The van der Waals surface area contributed by atoms with Crippen LogP contribution in [0.15, 0.2) is 66.0 Å². The van der Waals surface area contributed by atoms with Gasteiger partial charge in [-0.1, -0.05) is 36.4 Å². The van der Waals surface area contributed by atoms with E-state index in [2.05, 4.69) is 18.3 Å². The molecule has 1 aliphatic heterocycles. The lowest BCUT2D eigenvalue weighted by atomic mass is 10.1. The third-order valence-corrected chi connectivity index (χ3v) is 5.89. The van der Waals surface area contributed by atoms with Gasteiger partial charge in [-0.25, -0.2) is 0 Å². The first-order valence-corrected chi connectivity index (χ1v) is 10.3. The van der Waals surface area contributed by atoms with Crippen LogP contribution in [0.1, 0.15) is 33.3 Å². The van der Waals surface area contributed by atoms with Gasteiger partial charge in [0.15, 0.2) is 0 Å². The molecule has 28 heavy (non-hydrogen) atoms. The molecular formula is C23H22N2O2S. The molecule has 5 heteroatoms. The van der Waals surface area contributed by atoms with Crippen LogP contribution in [0.25, 0.3) is 0 Å². The van der Waals surface area contributed by atoms with E-state index in [1.165, 1.54) is 5.56 Å². The van der Waals surface area contributed by atoms with Crippen molar-refractivity contribution in [3.63, 3.8) is 0 Å². The van der Waals surface area contributed by atoms with E-state index < -0.39 is 0 Å². The molecule has 2 aromatic carbocycles. The number of nitrogens with one attached hydrogen (secondary N) is 1. The number of benzene rings is 2. The lowest BCUT2D eigenvalue weighted by molar-refractivity contribution is -0.120. The molecule has 0 bridgehead atoms. The topological polar surface area (TPSA) is 49.4 Å². The Morgan fingerprint density at radius 2 is 1.93 bits per heavy atom. The average Bonchev–Trinajstić information content (AvgIpc) is 3.33. The summed E-state index contributed by atoms with van der Waals surface area (Å²) < 4.78 is 0. The fraction of sp³-hybridized carbons (Fsp3) is 0.217. The standard InChI is InChI=1S/C23H22N2O2S/c1-16-12-19-10-9-17(15-24-22(26)14-20-8-5-11-28-20)13-21(19)25(16)23(27)18-6-3-2-4-7-18/h2-11,13,16H,12,14-15H2,1H3,(H,24,26). The molecule has 4 rings (SSSR count). The van der Waals surface area contributed by atoms with E-state index in [-0.39, 0.29) is 17.9 Å². The molecule has 0 aliphatic carbocycles. The van der Waals surface area contributed by atoms with Crippen molar-refractivity contribution in [2.45, 2.75) is 32.4 Å². The van der Waals surface area contributed by atoms with Crippen molar-refractivity contribution in [3.05, 3.63) is 87.6 Å². The summed E-state index contributed by atoms with van der Waals surface area (Å²) in [5.41, 5.74) is 3.81. The fourth-order valence-electron chi connectivity index (χ4n) is 3.63. The Hall–Kier alpha value is -2.92. The summed E-state index contributed by atoms with van der Waals surface area (Å²) >= 11 is 1.59. The molecule has 3 aromatic rings. The van der Waals surface area contributed by atoms with Gasteiger partial charge in [0.1, 0.15) is 0 Å². The molecule has 1 aromatic heterocycles. The highest BCUT2D eigenvalue weighted by Gasteiger charge is 2.31. The van der Waals surface area contributed by atoms with Gasteiger partial charge in [0.25, 0.3) is 5.91 Å². The Morgan fingerprint density at radius 3 is 2.68 bits per heavy atom. The van der Waals surface area contributed by atoms with Crippen molar-refractivity contribution in [1.29, 1.82) is 0 Å². The first kappa shape index (κ1) is 18.4. The van der Waals surface area contributed by atoms with Crippen molar-refractivity contribution in [3.8, 4) is 0 Å². The number of nitrogens with zero attached hydrogens (tertiary/aromatic N) is 1. The van der Waals surface area contributed by atoms with Crippen LogP contribution in [0.4, 0.5) is 5.69 Å². The maximum absolute atomic E-state index is 13.0. The lowest BCUT2D eigenvalue weighted by Crippen LogP contribution is -2.35. The minimum Gasteiger partial charge on any atom is -0.352 e. The fourth-order valence-corrected chi connectivity index (χ4v) is 4.33. The summed E-state index contributed by atoms with van der Waals surface area (Å²) in [5.74, 6) is 0.0271. The highest BCUT2D eigenvalue weighted by molar-refractivity contribution is 7.10. The van der Waals surface area contributed by atoms with E-state index in [9.17, 15) is 9.59 Å². The number of carbonyl (C=O) groups is 2. The molecule has 0 spiro atoms. The third-order valence-electron chi connectivity index (χ3n) is 5.01. The van der Waals surface area contributed by atoms with Gasteiger partial charge >= 0.3 is 0 Å². The van der Waals surface area contributed by atoms with Gasteiger partial charge in [-0.3, -0.25) is 9.59 Å². The van der Waals surface area contributed by atoms with Gasteiger partial charge in [-0.15, -0.1) is 11.3 Å². The minimum atomic E-state index is 0.00790. The van der Waals surface area contributed by atoms with Crippen molar-refractivity contribution >= 4 is 28.8 Å². The van der Waals surface area contributed by atoms with E-state index in [4.69, 9.17) is 0 Å². The maximum Gasteiger partial charge on any atom is 0.258 e. The summed E-state index contributed by atoms with van der Waals surface area (Å²) in [5, 5.41) is 4.95. The monoisotopic (exact) mass is 390 g/mol. The molecule has 4 nitrogen and oxygen atoms in total. The molecule has 142 valence electrons. The molecule has 0 saturated heterocycles. The van der Waals surface area contributed by atoms with Crippen molar-refractivity contribution in [1.82, 2.24) is 5.32 Å². The predicted molar refractivity (Wildman–Crippen MR) is 113 cm³/mol. The van der Waals surface area contributed by atoms with Gasteiger partial charge < -0.3 is 10.2 Å². The average molecular weight is 391 g/mol. The van der Waals surface area contributed by atoms with E-state index in [1.807, 2.05) is 64.9 Å². The van der Waals surface area contributed by atoms with Crippen molar-refractivity contribution in [2.75, 3.05) is 4.90 Å². The summed E-state index contributed by atoms with van der Waals surface area (Å²) in [7, 11) is 0. The van der Waals surface area contributed by atoms with E-state index in [0.717, 1.165) is 22.5 Å². The van der Waals surface area contributed by atoms with Crippen LogP contribution >= 0.6 is 11.3 Å². The molecule has 0 radical (unpaired) electrons. The molecule has 2 heterocycles. The Morgan fingerprint density at radius 1 is 1.11 bits per heavy atom.